The first-order valence-corrected chi connectivity index (χ1v) is 12.7. The Morgan fingerprint density at radius 3 is 2.32 bits per heavy atom. The van der Waals surface area contributed by atoms with Gasteiger partial charge in [0.25, 0.3) is 0 Å². The molecular formula is C23H24Cl2O2Zr. The number of methoxy groups -OCH3 is 2. The standard InChI is InChI=1S/C15H13O2.C5H5.C3H6.2ClH.Zr/c1-16-12-3-5-14-10(8-12)7-11-9-13(17-2)4-6-15(11)14;1-2-4-5-3-1;1-3-2;;;/h3-6,8H,7H2,1-2H3;1-3H,4H2;1-2H3;2*1H;/q;;;;;+2/p-2. The molecule has 0 bridgehead atoms. The van der Waals surface area contributed by atoms with Gasteiger partial charge < -0.3 is 24.8 Å². The maximum atomic E-state index is 5.87. The zero-order valence-corrected chi connectivity index (χ0v) is 20.6. The predicted molar refractivity (Wildman–Crippen MR) is 106 cm³/mol. The quantitative estimate of drug-likeness (QED) is 0.444. The molecule has 2 aromatic carbocycles. The maximum absolute atomic E-state index is 5.87. The van der Waals surface area contributed by atoms with Crippen LogP contribution in [0.4, 0.5) is 0 Å². The van der Waals surface area contributed by atoms with E-state index in [1.807, 2.05) is 7.11 Å². The monoisotopic (exact) mass is 492 g/mol. The van der Waals surface area contributed by atoms with Gasteiger partial charge in [-0.05, 0) is 0 Å². The van der Waals surface area contributed by atoms with Gasteiger partial charge in [0, 0.05) is 0 Å². The van der Waals surface area contributed by atoms with Crippen LogP contribution in [0.5, 0.6) is 11.5 Å². The fourth-order valence-corrected chi connectivity index (χ4v) is 11.6. The predicted octanol–water partition coefficient (Wildman–Crippen LogP) is -1.42. The fourth-order valence-electron chi connectivity index (χ4n) is 4.17. The summed E-state index contributed by atoms with van der Waals surface area (Å²) in [5, 5.41) is 0. The molecule has 2 nitrogen and oxygen atoms in total. The summed E-state index contributed by atoms with van der Waals surface area (Å²) >= 11 is -2.12. The minimum atomic E-state index is -2.12. The molecule has 0 heterocycles. The molecule has 2 aliphatic rings. The molecule has 0 amide bonds. The Balaban J connectivity index is 0.00000140. The number of rotatable bonds is 4. The third-order valence-electron chi connectivity index (χ3n) is 5.31. The van der Waals surface area contributed by atoms with Crippen molar-refractivity contribution >= 4 is 6.48 Å². The topological polar surface area (TPSA) is 18.5 Å². The van der Waals surface area contributed by atoms with Crippen molar-refractivity contribution in [3.05, 3.63) is 63.0 Å². The van der Waals surface area contributed by atoms with Gasteiger partial charge in [0.1, 0.15) is 0 Å². The maximum Gasteiger partial charge on any atom is -1.00 e. The Kier molecular flexibility index (Phi) is 7.91. The smallest absolute Gasteiger partial charge is 1.00 e. The molecule has 2 aromatic rings. The van der Waals surface area contributed by atoms with Gasteiger partial charge in [-0.25, -0.2) is 0 Å². The molecule has 28 heavy (non-hydrogen) atoms. The number of benzene rings is 2. The summed E-state index contributed by atoms with van der Waals surface area (Å²) < 4.78 is 16.1. The van der Waals surface area contributed by atoms with E-state index in [4.69, 9.17) is 9.47 Å². The first-order valence-electron chi connectivity index (χ1n) is 9.05. The Hall–Kier alpha value is -1.15. The summed E-state index contributed by atoms with van der Waals surface area (Å²) in [5.41, 5.74) is 5.57. The summed E-state index contributed by atoms with van der Waals surface area (Å²) in [7, 11) is 3.54. The molecular weight excluding hydrogens is 470 g/mol. The molecule has 0 aromatic heterocycles. The zero-order valence-electron chi connectivity index (χ0n) is 16.6. The summed E-state index contributed by atoms with van der Waals surface area (Å²) in [6.07, 6.45) is 8.94. The number of halogens is 2. The van der Waals surface area contributed by atoms with E-state index in [0.717, 1.165) is 24.3 Å². The molecule has 5 heteroatoms. The summed E-state index contributed by atoms with van der Waals surface area (Å²) in [6.45, 7) is 4.63. The van der Waals surface area contributed by atoms with Gasteiger partial charge in [-0.2, -0.15) is 0 Å². The first-order chi connectivity index (χ1) is 12.6. The van der Waals surface area contributed by atoms with Gasteiger partial charge in [0.2, 0.25) is 0 Å². The third-order valence-corrected chi connectivity index (χ3v) is 12.8. The van der Waals surface area contributed by atoms with Crippen LogP contribution in [-0.2, 0) is 27.7 Å². The number of fused-ring (bicyclic) bond motifs is 3. The SMILES string of the molecule is COc1ccc2c(c1)Cc1c-2ccc(OC)[c]1[Zr+2]([C]1=CC=CC1)=[C](C)C.[Cl-].[Cl-]. The second-order valence-corrected chi connectivity index (χ2v) is 14.2. The van der Waals surface area contributed by atoms with Crippen molar-refractivity contribution in [3.8, 4) is 22.6 Å². The van der Waals surface area contributed by atoms with Crippen molar-refractivity contribution in [1.29, 1.82) is 0 Å². The van der Waals surface area contributed by atoms with Crippen LogP contribution in [-0.4, -0.2) is 17.4 Å². The molecule has 0 atom stereocenters. The molecule has 146 valence electrons. The molecule has 2 aliphatic carbocycles. The van der Waals surface area contributed by atoms with Crippen LogP contribution in [0.3, 0.4) is 0 Å². The van der Waals surface area contributed by atoms with Crippen molar-refractivity contribution in [2.24, 2.45) is 0 Å². The van der Waals surface area contributed by atoms with E-state index < -0.39 is 21.3 Å². The van der Waals surface area contributed by atoms with Crippen LogP contribution >= 0.6 is 0 Å². The Bertz CT molecular complexity index is 986. The fraction of sp³-hybridized carbons (Fsp3) is 0.261. The zero-order chi connectivity index (χ0) is 18.3. The Morgan fingerprint density at radius 1 is 0.964 bits per heavy atom. The summed E-state index contributed by atoms with van der Waals surface area (Å²) in [4.78, 5) is 0. The van der Waals surface area contributed by atoms with E-state index in [1.54, 1.807) is 13.6 Å². The molecule has 0 unspecified atom stereocenters. The molecule has 0 saturated heterocycles. The number of hydrogen-bond donors (Lipinski definition) is 0. The van der Waals surface area contributed by atoms with E-state index in [2.05, 4.69) is 62.4 Å². The van der Waals surface area contributed by atoms with Crippen LogP contribution in [0, 0.1) is 0 Å². The Morgan fingerprint density at radius 2 is 1.71 bits per heavy atom. The average molecular weight is 495 g/mol. The molecule has 0 spiro atoms. The molecule has 0 aliphatic heterocycles. The molecule has 0 fully saturated rings. The van der Waals surface area contributed by atoms with Gasteiger partial charge in [-0.15, -0.1) is 0 Å². The minimum Gasteiger partial charge on any atom is -1.00 e. The van der Waals surface area contributed by atoms with Gasteiger partial charge in [0.05, 0.1) is 0 Å². The molecule has 4 rings (SSSR count). The van der Waals surface area contributed by atoms with Crippen LogP contribution in [0.25, 0.3) is 11.1 Å². The van der Waals surface area contributed by atoms with Gasteiger partial charge >= 0.3 is 164 Å². The number of hydrogen-bond acceptors (Lipinski definition) is 2. The molecule has 0 radical (unpaired) electrons. The van der Waals surface area contributed by atoms with Crippen LogP contribution < -0.4 is 37.6 Å². The summed E-state index contributed by atoms with van der Waals surface area (Å²) in [5.74, 6) is 2.01. The van der Waals surface area contributed by atoms with Crippen molar-refractivity contribution in [2.75, 3.05) is 14.2 Å². The number of allylic oxidation sites excluding steroid dienone is 4. The van der Waals surface area contributed by atoms with Crippen molar-refractivity contribution in [1.82, 2.24) is 0 Å². The van der Waals surface area contributed by atoms with Crippen LogP contribution in [0.2, 0.25) is 0 Å². The second kappa shape index (κ2) is 9.57. The van der Waals surface area contributed by atoms with E-state index in [-0.39, 0.29) is 24.8 Å². The number of ether oxygens (including phenoxy) is 2. The first kappa shape index (κ1) is 23.1. The van der Waals surface area contributed by atoms with E-state index in [1.165, 1.54) is 25.5 Å². The van der Waals surface area contributed by atoms with E-state index >= 15 is 0 Å². The van der Waals surface area contributed by atoms with Crippen molar-refractivity contribution in [3.63, 3.8) is 0 Å². The third kappa shape index (κ3) is 3.95. The normalized spacial score (nSPS) is 12.6. The van der Waals surface area contributed by atoms with Crippen LogP contribution in [0.1, 0.15) is 31.4 Å². The van der Waals surface area contributed by atoms with Crippen LogP contribution in [0.15, 0.2) is 51.8 Å². The van der Waals surface area contributed by atoms with Gasteiger partial charge in [0.15, 0.2) is 0 Å². The second-order valence-electron chi connectivity index (χ2n) is 7.07. The average Bonchev–Trinajstić information content (AvgIpc) is 3.28. The summed E-state index contributed by atoms with van der Waals surface area (Å²) in [6, 6.07) is 10.9. The molecule has 0 N–H and O–H groups in total. The molecule has 0 saturated carbocycles. The minimum absolute atomic E-state index is 0. The Labute approximate surface area is 187 Å². The van der Waals surface area contributed by atoms with E-state index in [9.17, 15) is 0 Å². The van der Waals surface area contributed by atoms with Gasteiger partial charge in [-0.3, -0.25) is 0 Å². The largest absolute Gasteiger partial charge is 1.00 e. The van der Waals surface area contributed by atoms with E-state index in [0.29, 0.717) is 0 Å². The van der Waals surface area contributed by atoms with Gasteiger partial charge in [-0.1, -0.05) is 0 Å². The van der Waals surface area contributed by atoms with Crippen molar-refractivity contribution in [2.45, 2.75) is 26.7 Å². The van der Waals surface area contributed by atoms with Crippen molar-refractivity contribution < 1.29 is 55.6 Å².